The lowest BCUT2D eigenvalue weighted by molar-refractivity contribution is 0.247. The number of fused-ring (bicyclic) bond motifs is 1. The van der Waals surface area contributed by atoms with E-state index in [0.29, 0.717) is 5.39 Å². The number of oxazole rings is 1. The van der Waals surface area contributed by atoms with Gasteiger partial charge in [-0.15, -0.1) is 0 Å². The molecular formula is C19H23N5O2. The predicted octanol–water partition coefficient (Wildman–Crippen LogP) is 2.29. The molecule has 0 aliphatic carbocycles. The van der Waals surface area contributed by atoms with Crippen LogP contribution in [0.25, 0.3) is 10.9 Å². The van der Waals surface area contributed by atoms with Crippen molar-refractivity contribution in [2.45, 2.75) is 26.4 Å². The molecule has 1 aliphatic rings. The molecule has 1 aliphatic heterocycles. The molecule has 0 saturated carbocycles. The molecule has 3 aromatic rings. The Kier molecular flexibility index (Phi) is 4.46. The van der Waals surface area contributed by atoms with Gasteiger partial charge < -0.3 is 9.32 Å². The van der Waals surface area contributed by atoms with Gasteiger partial charge in [0.25, 0.3) is 5.56 Å². The molecule has 0 unspecified atom stereocenters. The SMILES string of the molecule is CC(C)n1cnc2cc(N3CCN(Cc4cocn4)CC3)ccc2c1=O. The van der Waals surface area contributed by atoms with Crippen LogP contribution in [0.1, 0.15) is 25.6 Å². The molecule has 136 valence electrons. The van der Waals surface area contributed by atoms with Crippen LogP contribution in [0, 0.1) is 0 Å². The number of nitrogens with zero attached hydrogens (tertiary/aromatic N) is 5. The number of anilines is 1. The van der Waals surface area contributed by atoms with Gasteiger partial charge in [-0.2, -0.15) is 0 Å². The Morgan fingerprint density at radius 2 is 1.96 bits per heavy atom. The molecule has 26 heavy (non-hydrogen) atoms. The van der Waals surface area contributed by atoms with Crippen molar-refractivity contribution in [2.75, 3.05) is 31.1 Å². The number of benzene rings is 1. The standard InChI is InChI=1S/C19H23N5O2/c1-14(2)24-12-20-18-9-16(3-4-17(18)19(24)25)23-7-5-22(6-8-23)10-15-11-26-13-21-15/h3-4,9,11-14H,5-8,10H2,1-2H3. The van der Waals surface area contributed by atoms with Crippen molar-refractivity contribution >= 4 is 16.6 Å². The third-order valence-electron chi connectivity index (χ3n) is 4.93. The molecule has 1 aromatic carbocycles. The summed E-state index contributed by atoms with van der Waals surface area (Å²) in [7, 11) is 0. The van der Waals surface area contributed by atoms with Gasteiger partial charge in [0.05, 0.1) is 22.9 Å². The smallest absolute Gasteiger partial charge is 0.261 e. The molecule has 7 nitrogen and oxygen atoms in total. The van der Waals surface area contributed by atoms with Gasteiger partial charge in [-0.25, -0.2) is 9.97 Å². The summed E-state index contributed by atoms with van der Waals surface area (Å²) < 4.78 is 6.71. The third kappa shape index (κ3) is 3.22. The molecule has 7 heteroatoms. The van der Waals surface area contributed by atoms with E-state index < -0.39 is 0 Å². The summed E-state index contributed by atoms with van der Waals surface area (Å²) in [5.74, 6) is 0. The molecule has 2 aromatic heterocycles. The van der Waals surface area contributed by atoms with E-state index in [0.717, 1.165) is 49.6 Å². The molecule has 4 rings (SSSR count). The fourth-order valence-corrected chi connectivity index (χ4v) is 3.40. The summed E-state index contributed by atoms with van der Waals surface area (Å²) in [6, 6.07) is 6.07. The summed E-state index contributed by atoms with van der Waals surface area (Å²) in [5.41, 5.74) is 2.87. The van der Waals surface area contributed by atoms with Crippen LogP contribution in [-0.2, 0) is 6.54 Å². The molecule has 0 atom stereocenters. The van der Waals surface area contributed by atoms with Crippen molar-refractivity contribution in [2.24, 2.45) is 0 Å². The van der Waals surface area contributed by atoms with Gasteiger partial charge in [0, 0.05) is 44.5 Å². The zero-order valence-corrected chi connectivity index (χ0v) is 15.1. The zero-order valence-electron chi connectivity index (χ0n) is 15.1. The van der Waals surface area contributed by atoms with Crippen molar-refractivity contribution < 1.29 is 4.42 Å². The first-order valence-corrected chi connectivity index (χ1v) is 8.97. The highest BCUT2D eigenvalue weighted by Crippen LogP contribution is 2.21. The number of rotatable bonds is 4. The van der Waals surface area contributed by atoms with Crippen LogP contribution in [0.4, 0.5) is 5.69 Å². The van der Waals surface area contributed by atoms with Crippen molar-refractivity contribution in [3.05, 3.63) is 53.2 Å². The average Bonchev–Trinajstić information content (AvgIpc) is 3.15. The highest BCUT2D eigenvalue weighted by molar-refractivity contribution is 5.81. The van der Waals surface area contributed by atoms with Crippen LogP contribution in [0.2, 0.25) is 0 Å². The second kappa shape index (κ2) is 6.92. The highest BCUT2D eigenvalue weighted by atomic mass is 16.3. The van der Waals surface area contributed by atoms with Crippen LogP contribution in [-0.4, -0.2) is 45.6 Å². The molecule has 0 spiro atoms. The summed E-state index contributed by atoms with van der Waals surface area (Å²) in [6.07, 6.45) is 4.82. The fraction of sp³-hybridized carbons (Fsp3) is 0.421. The zero-order chi connectivity index (χ0) is 18.1. The van der Waals surface area contributed by atoms with Gasteiger partial charge in [0.15, 0.2) is 6.39 Å². The molecule has 0 radical (unpaired) electrons. The Hall–Kier alpha value is -2.67. The van der Waals surface area contributed by atoms with E-state index in [4.69, 9.17) is 4.42 Å². The third-order valence-corrected chi connectivity index (χ3v) is 4.93. The molecule has 3 heterocycles. The number of hydrogen-bond acceptors (Lipinski definition) is 6. The van der Waals surface area contributed by atoms with Crippen molar-refractivity contribution in [3.8, 4) is 0 Å². The lowest BCUT2D eigenvalue weighted by atomic mass is 10.2. The first-order valence-electron chi connectivity index (χ1n) is 8.97. The topological polar surface area (TPSA) is 67.4 Å². The Balaban J connectivity index is 1.49. The maximum Gasteiger partial charge on any atom is 0.261 e. The highest BCUT2D eigenvalue weighted by Gasteiger charge is 2.19. The molecule has 1 fully saturated rings. The van der Waals surface area contributed by atoms with Crippen LogP contribution in [0.3, 0.4) is 0 Å². The monoisotopic (exact) mass is 353 g/mol. The van der Waals surface area contributed by atoms with Crippen molar-refractivity contribution in [1.29, 1.82) is 0 Å². The number of aromatic nitrogens is 3. The second-order valence-electron chi connectivity index (χ2n) is 7.00. The minimum atomic E-state index is 0.0222. The Morgan fingerprint density at radius 1 is 1.15 bits per heavy atom. The fourth-order valence-electron chi connectivity index (χ4n) is 3.40. The molecule has 0 bridgehead atoms. The Bertz CT molecular complexity index is 940. The maximum absolute atomic E-state index is 12.5. The van der Waals surface area contributed by atoms with Gasteiger partial charge in [-0.1, -0.05) is 0 Å². The average molecular weight is 353 g/mol. The van der Waals surface area contributed by atoms with Gasteiger partial charge in [-0.05, 0) is 32.0 Å². The van der Waals surface area contributed by atoms with Crippen LogP contribution in [0.5, 0.6) is 0 Å². The maximum atomic E-state index is 12.5. The number of piperazine rings is 1. The van der Waals surface area contributed by atoms with Gasteiger partial charge in [0.2, 0.25) is 0 Å². The molecule has 1 saturated heterocycles. The van der Waals surface area contributed by atoms with Gasteiger partial charge in [-0.3, -0.25) is 14.3 Å². The van der Waals surface area contributed by atoms with E-state index in [1.165, 1.54) is 6.39 Å². The van der Waals surface area contributed by atoms with Crippen LogP contribution in [0.15, 0.2) is 46.4 Å². The number of hydrogen-bond donors (Lipinski definition) is 0. The van der Waals surface area contributed by atoms with E-state index in [-0.39, 0.29) is 11.6 Å². The van der Waals surface area contributed by atoms with Crippen molar-refractivity contribution in [1.82, 2.24) is 19.4 Å². The lowest BCUT2D eigenvalue weighted by Crippen LogP contribution is -2.46. The minimum Gasteiger partial charge on any atom is -0.451 e. The van der Waals surface area contributed by atoms with Gasteiger partial charge >= 0.3 is 0 Å². The summed E-state index contributed by atoms with van der Waals surface area (Å²) in [4.78, 5) is 25.9. The second-order valence-corrected chi connectivity index (χ2v) is 7.00. The van der Waals surface area contributed by atoms with E-state index >= 15 is 0 Å². The predicted molar refractivity (Wildman–Crippen MR) is 100 cm³/mol. The Labute approximate surface area is 151 Å². The molecular weight excluding hydrogens is 330 g/mol. The van der Waals surface area contributed by atoms with Gasteiger partial charge in [0.1, 0.15) is 6.26 Å². The normalized spacial score (nSPS) is 15.9. The summed E-state index contributed by atoms with van der Waals surface area (Å²) >= 11 is 0. The Morgan fingerprint density at radius 3 is 2.65 bits per heavy atom. The first-order chi connectivity index (χ1) is 12.6. The summed E-state index contributed by atoms with van der Waals surface area (Å²) in [6.45, 7) is 8.60. The van der Waals surface area contributed by atoms with E-state index in [9.17, 15) is 4.79 Å². The summed E-state index contributed by atoms with van der Waals surface area (Å²) in [5, 5.41) is 0.676. The van der Waals surface area contributed by atoms with E-state index in [2.05, 4.69) is 19.8 Å². The van der Waals surface area contributed by atoms with E-state index in [1.807, 2.05) is 32.0 Å². The van der Waals surface area contributed by atoms with Crippen LogP contribution >= 0.6 is 0 Å². The molecule has 0 N–H and O–H groups in total. The first kappa shape index (κ1) is 16.8. The molecule has 0 amide bonds. The van der Waals surface area contributed by atoms with Crippen LogP contribution < -0.4 is 10.5 Å². The largest absolute Gasteiger partial charge is 0.451 e. The lowest BCUT2D eigenvalue weighted by Gasteiger charge is -2.35. The minimum absolute atomic E-state index is 0.0222. The van der Waals surface area contributed by atoms with E-state index in [1.54, 1.807) is 17.2 Å². The quantitative estimate of drug-likeness (QED) is 0.717. The van der Waals surface area contributed by atoms with Crippen molar-refractivity contribution in [3.63, 3.8) is 0 Å².